The van der Waals surface area contributed by atoms with E-state index in [-0.39, 0.29) is 11.5 Å². The minimum atomic E-state index is -0.00785. The maximum atomic E-state index is 12.4. The van der Waals surface area contributed by atoms with Gasteiger partial charge in [0, 0.05) is 31.5 Å². The lowest BCUT2D eigenvalue weighted by atomic mass is 9.73. The molecule has 0 aliphatic carbocycles. The van der Waals surface area contributed by atoms with Crippen molar-refractivity contribution in [1.29, 1.82) is 0 Å². The molecule has 5 heteroatoms. The van der Waals surface area contributed by atoms with Crippen LogP contribution in [0, 0.1) is 11.8 Å². The molecule has 3 aliphatic heterocycles. The number of ether oxygens (including phenoxy) is 1. The van der Waals surface area contributed by atoms with E-state index in [0.717, 1.165) is 50.3 Å². The van der Waals surface area contributed by atoms with Crippen molar-refractivity contribution in [2.24, 2.45) is 11.8 Å². The molecular weight excluding hydrogens is 340 g/mol. The van der Waals surface area contributed by atoms with Gasteiger partial charge in [0.1, 0.15) is 5.76 Å². The van der Waals surface area contributed by atoms with Gasteiger partial charge in [-0.3, -0.25) is 9.69 Å². The lowest BCUT2D eigenvalue weighted by Gasteiger charge is -2.29. The zero-order chi connectivity index (χ0) is 18.3. The predicted octanol–water partition coefficient (Wildman–Crippen LogP) is 2.62. The molecule has 5 nitrogen and oxygen atoms in total. The molecule has 142 valence electrons. The fourth-order valence-corrected chi connectivity index (χ4v) is 5.38. The summed E-state index contributed by atoms with van der Waals surface area (Å²) < 4.78 is 12.0. The third kappa shape index (κ3) is 3.19. The third-order valence-corrected chi connectivity index (χ3v) is 6.56. The van der Waals surface area contributed by atoms with Gasteiger partial charge in [0.25, 0.3) is 0 Å². The van der Waals surface area contributed by atoms with Crippen molar-refractivity contribution >= 4 is 5.91 Å². The van der Waals surface area contributed by atoms with Crippen LogP contribution >= 0.6 is 0 Å². The number of carbonyl (C=O) groups excluding carboxylic acids is 1. The topological polar surface area (TPSA) is 54.7 Å². The van der Waals surface area contributed by atoms with Crippen LogP contribution in [0.15, 0.2) is 53.1 Å². The maximum absolute atomic E-state index is 12.4. The van der Waals surface area contributed by atoms with Crippen molar-refractivity contribution in [1.82, 2.24) is 10.2 Å². The van der Waals surface area contributed by atoms with Gasteiger partial charge in [-0.05, 0) is 30.5 Å². The summed E-state index contributed by atoms with van der Waals surface area (Å²) in [4.78, 5) is 14.8. The number of furan rings is 1. The number of carbonyl (C=O) groups is 1. The second kappa shape index (κ2) is 6.80. The number of rotatable bonds is 6. The molecule has 1 amide bonds. The summed E-state index contributed by atoms with van der Waals surface area (Å²) in [5.41, 5.74) is 1.05. The first-order valence-electron chi connectivity index (χ1n) is 9.95. The largest absolute Gasteiger partial charge is 0.468 e. The molecule has 3 fully saturated rings. The first-order valence-corrected chi connectivity index (χ1v) is 9.95. The van der Waals surface area contributed by atoms with Gasteiger partial charge in [0.05, 0.1) is 30.9 Å². The maximum Gasteiger partial charge on any atom is 0.224 e. The van der Waals surface area contributed by atoms with E-state index in [0.29, 0.717) is 24.4 Å². The third-order valence-electron chi connectivity index (χ3n) is 6.56. The van der Waals surface area contributed by atoms with Crippen LogP contribution in [0.4, 0.5) is 0 Å². The zero-order valence-electron chi connectivity index (χ0n) is 15.5. The number of fused-ring (bicyclic) bond motifs is 1. The van der Waals surface area contributed by atoms with Crippen LogP contribution in [0.5, 0.6) is 0 Å². The molecule has 3 aliphatic rings. The lowest BCUT2D eigenvalue weighted by molar-refractivity contribution is -0.120. The van der Waals surface area contributed by atoms with Crippen molar-refractivity contribution in [3.8, 4) is 0 Å². The highest BCUT2D eigenvalue weighted by atomic mass is 16.5. The average molecular weight is 366 g/mol. The van der Waals surface area contributed by atoms with E-state index < -0.39 is 0 Å². The second-order valence-electron chi connectivity index (χ2n) is 8.25. The summed E-state index contributed by atoms with van der Waals surface area (Å²) in [6.45, 7) is 3.56. The molecule has 0 unspecified atom stereocenters. The Morgan fingerprint density at radius 2 is 2.11 bits per heavy atom. The SMILES string of the molecule is O=C(Cc1ccccc1)NC[C@H]1[C@H]2CN(Cc3ccco3)C[C@]23CC[C@H]1O3. The summed E-state index contributed by atoms with van der Waals surface area (Å²) in [5, 5.41) is 3.17. The Kier molecular flexibility index (Phi) is 4.29. The Bertz CT molecular complexity index is 791. The summed E-state index contributed by atoms with van der Waals surface area (Å²) >= 11 is 0. The van der Waals surface area contributed by atoms with Crippen molar-refractivity contribution in [2.45, 2.75) is 37.5 Å². The van der Waals surface area contributed by atoms with Crippen LogP contribution < -0.4 is 5.32 Å². The molecule has 2 bridgehead atoms. The minimum Gasteiger partial charge on any atom is -0.468 e. The Hall–Kier alpha value is -2.11. The second-order valence-corrected chi connectivity index (χ2v) is 8.25. The van der Waals surface area contributed by atoms with Crippen molar-refractivity contribution < 1.29 is 13.9 Å². The normalized spacial score (nSPS) is 31.9. The number of benzene rings is 1. The van der Waals surface area contributed by atoms with Crippen LogP contribution in [0.1, 0.15) is 24.2 Å². The van der Waals surface area contributed by atoms with Gasteiger partial charge in [-0.1, -0.05) is 30.3 Å². The van der Waals surface area contributed by atoms with Crippen molar-refractivity contribution in [2.75, 3.05) is 19.6 Å². The van der Waals surface area contributed by atoms with E-state index >= 15 is 0 Å². The molecule has 4 atom stereocenters. The Morgan fingerprint density at radius 3 is 2.93 bits per heavy atom. The molecule has 2 aromatic rings. The van der Waals surface area contributed by atoms with Gasteiger partial charge in [0.15, 0.2) is 0 Å². The molecule has 1 spiro atoms. The molecule has 0 radical (unpaired) electrons. The first kappa shape index (κ1) is 17.0. The number of hydrogen-bond donors (Lipinski definition) is 1. The van der Waals surface area contributed by atoms with E-state index in [4.69, 9.17) is 9.15 Å². The number of likely N-dealkylation sites (tertiary alicyclic amines) is 1. The van der Waals surface area contributed by atoms with E-state index in [2.05, 4.69) is 10.2 Å². The fraction of sp³-hybridized carbons (Fsp3) is 0.500. The first-order chi connectivity index (χ1) is 13.2. The molecule has 1 N–H and O–H groups in total. The van der Waals surface area contributed by atoms with Gasteiger partial charge in [-0.15, -0.1) is 0 Å². The lowest BCUT2D eigenvalue weighted by Crippen LogP contribution is -2.42. The smallest absolute Gasteiger partial charge is 0.224 e. The minimum absolute atomic E-state index is 0.00785. The molecule has 4 heterocycles. The van der Waals surface area contributed by atoms with Crippen LogP contribution in [0.3, 0.4) is 0 Å². The molecule has 27 heavy (non-hydrogen) atoms. The highest BCUT2D eigenvalue weighted by Gasteiger charge is 2.62. The number of amides is 1. The highest BCUT2D eigenvalue weighted by Crippen LogP contribution is 2.54. The molecule has 1 aromatic heterocycles. The number of nitrogens with zero attached hydrogens (tertiary/aromatic N) is 1. The summed E-state index contributed by atoms with van der Waals surface area (Å²) in [6, 6.07) is 13.9. The van der Waals surface area contributed by atoms with Crippen LogP contribution in [0.25, 0.3) is 0 Å². The van der Waals surface area contributed by atoms with E-state index in [1.165, 1.54) is 0 Å². The van der Waals surface area contributed by atoms with Gasteiger partial charge in [-0.25, -0.2) is 0 Å². The van der Waals surface area contributed by atoms with E-state index in [1.54, 1.807) is 6.26 Å². The molecule has 0 saturated carbocycles. The fourth-order valence-electron chi connectivity index (χ4n) is 5.38. The summed E-state index contributed by atoms with van der Waals surface area (Å²) in [5.74, 6) is 2.03. The van der Waals surface area contributed by atoms with E-state index in [1.807, 2.05) is 42.5 Å². The van der Waals surface area contributed by atoms with Gasteiger partial charge >= 0.3 is 0 Å². The summed E-state index contributed by atoms with van der Waals surface area (Å²) in [7, 11) is 0. The Morgan fingerprint density at radius 1 is 1.22 bits per heavy atom. The Labute approximate surface area is 159 Å². The van der Waals surface area contributed by atoms with Crippen molar-refractivity contribution in [3.63, 3.8) is 0 Å². The predicted molar refractivity (Wildman–Crippen MR) is 101 cm³/mol. The Balaban J connectivity index is 1.20. The molecule has 1 aromatic carbocycles. The molecular formula is C22H26N2O3. The van der Waals surface area contributed by atoms with Crippen LogP contribution in [0.2, 0.25) is 0 Å². The van der Waals surface area contributed by atoms with Gasteiger partial charge < -0.3 is 14.5 Å². The molecule has 3 saturated heterocycles. The average Bonchev–Trinajstić information content (AvgIpc) is 3.42. The quantitative estimate of drug-likeness (QED) is 0.854. The van der Waals surface area contributed by atoms with Crippen LogP contribution in [-0.2, 0) is 22.5 Å². The van der Waals surface area contributed by atoms with Gasteiger partial charge in [-0.2, -0.15) is 0 Å². The number of hydrogen-bond acceptors (Lipinski definition) is 4. The number of nitrogens with one attached hydrogen (secondary N) is 1. The highest BCUT2D eigenvalue weighted by molar-refractivity contribution is 5.78. The van der Waals surface area contributed by atoms with Crippen LogP contribution in [-0.4, -0.2) is 42.1 Å². The van der Waals surface area contributed by atoms with Gasteiger partial charge in [0.2, 0.25) is 5.91 Å². The molecule has 5 rings (SSSR count). The van der Waals surface area contributed by atoms with E-state index in [9.17, 15) is 4.79 Å². The zero-order valence-corrected chi connectivity index (χ0v) is 15.5. The standard InChI is InChI=1S/C22H26N2O3/c25-21(11-16-5-2-1-3-6-16)23-12-18-19-14-24(13-17-7-4-10-26-17)15-22(19)9-8-20(18)27-22/h1-7,10,18-20H,8-9,11-15H2,(H,23,25)/t18-,19+,20+,22+/m0/s1. The summed E-state index contributed by atoms with van der Waals surface area (Å²) in [6.07, 6.45) is 4.74. The monoisotopic (exact) mass is 366 g/mol. The van der Waals surface area contributed by atoms with Crippen molar-refractivity contribution in [3.05, 3.63) is 60.1 Å².